The number of hydrogen-bond acceptors (Lipinski definition) is 6. The first-order chi connectivity index (χ1) is 15.0. The molecule has 7 nitrogen and oxygen atoms in total. The molecule has 2 aliphatic rings. The van der Waals surface area contributed by atoms with Crippen molar-refractivity contribution < 1.29 is 9.59 Å². The van der Waals surface area contributed by atoms with Gasteiger partial charge in [-0.3, -0.25) is 14.2 Å². The smallest absolute Gasteiger partial charge is 0.228 e. The second-order valence-corrected chi connectivity index (χ2v) is 9.58. The lowest BCUT2D eigenvalue weighted by molar-refractivity contribution is -0.116. The summed E-state index contributed by atoms with van der Waals surface area (Å²) in [4.78, 5) is 26.8. The summed E-state index contributed by atoms with van der Waals surface area (Å²) in [5.41, 5.74) is 1.36. The number of carbonyl (C=O) groups excluding carboxylic acids is 2. The molecule has 31 heavy (non-hydrogen) atoms. The molecule has 1 amide bonds. The van der Waals surface area contributed by atoms with Crippen LogP contribution in [-0.2, 0) is 4.79 Å². The van der Waals surface area contributed by atoms with E-state index in [1.165, 1.54) is 24.6 Å². The Balaban J connectivity index is 1.38. The molecule has 1 aromatic carbocycles. The second kappa shape index (κ2) is 9.85. The number of hydrogen-bond donors (Lipinski definition) is 1. The number of aromatic nitrogens is 3. The highest BCUT2D eigenvalue weighted by Gasteiger charge is 2.32. The molecule has 2 heterocycles. The van der Waals surface area contributed by atoms with E-state index < -0.39 is 0 Å². The van der Waals surface area contributed by atoms with E-state index in [4.69, 9.17) is 0 Å². The molecule has 0 atom stereocenters. The van der Waals surface area contributed by atoms with Gasteiger partial charge in [-0.1, -0.05) is 25.6 Å². The molecular weight excluding hydrogens is 410 g/mol. The van der Waals surface area contributed by atoms with E-state index in [2.05, 4.69) is 31.9 Å². The summed E-state index contributed by atoms with van der Waals surface area (Å²) in [6, 6.07) is 7.58. The first-order valence-corrected chi connectivity index (χ1v) is 12.3. The van der Waals surface area contributed by atoms with Gasteiger partial charge in [-0.25, -0.2) is 0 Å². The van der Waals surface area contributed by atoms with Gasteiger partial charge in [0.1, 0.15) is 0 Å². The van der Waals surface area contributed by atoms with Crippen LogP contribution < -0.4 is 10.2 Å². The van der Waals surface area contributed by atoms with E-state index >= 15 is 0 Å². The molecule has 2 aromatic rings. The molecule has 1 saturated carbocycles. The zero-order chi connectivity index (χ0) is 21.8. The average Bonchev–Trinajstić information content (AvgIpc) is 3.52. The predicted octanol–water partition coefficient (Wildman–Crippen LogP) is 4.56. The van der Waals surface area contributed by atoms with Gasteiger partial charge in [0, 0.05) is 36.8 Å². The Hall–Kier alpha value is -2.35. The number of amides is 1. The standard InChI is InChI=1S/C23H31N5O2S/c1-3-4-21(30)24-18-7-5-17(6-8-18)20(29)15-31-23-26-25-22(28(23)19-9-10-19)27-13-11-16(2)12-14-27/h5-8,16,19H,3-4,9-15H2,1-2H3,(H,24,30). The highest BCUT2D eigenvalue weighted by molar-refractivity contribution is 7.99. The maximum atomic E-state index is 12.7. The Bertz CT molecular complexity index is 915. The van der Waals surface area contributed by atoms with Gasteiger partial charge in [-0.15, -0.1) is 10.2 Å². The third kappa shape index (κ3) is 5.47. The molecule has 0 radical (unpaired) electrons. The van der Waals surface area contributed by atoms with Crippen LogP contribution in [0.15, 0.2) is 29.4 Å². The number of piperidine rings is 1. The van der Waals surface area contributed by atoms with Crippen LogP contribution in [0.2, 0.25) is 0 Å². The predicted molar refractivity (Wildman–Crippen MR) is 124 cm³/mol. The maximum Gasteiger partial charge on any atom is 0.228 e. The van der Waals surface area contributed by atoms with Gasteiger partial charge >= 0.3 is 0 Å². The second-order valence-electron chi connectivity index (χ2n) is 8.64. The van der Waals surface area contributed by atoms with Gasteiger partial charge in [0.15, 0.2) is 10.9 Å². The SMILES string of the molecule is CCCC(=O)Nc1ccc(C(=O)CSc2nnc(N3CCC(C)CC3)n2C2CC2)cc1. The number of nitrogens with one attached hydrogen (secondary N) is 1. The summed E-state index contributed by atoms with van der Waals surface area (Å²) < 4.78 is 2.25. The average molecular weight is 442 g/mol. The molecule has 1 aliphatic heterocycles. The van der Waals surface area contributed by atoms with E-state index in [1.54, 1.807) is 24.3 Å². The minimum Gasteiger partial charge on any atom is -0.341 e. The van der Waals surface area contributed by atoms with Gasteiger partial charge in [0.05, 0.1) is 5.75 Å². The zero-order valence-corrected chi connectivity index (χ0v) is 19.2. The molecule has 0 bridgehead atoms. The minimum absolute atomic E-state index is 0.00416. The zero-order valence-electron chi connectivity index (χ0n) is 18.3. The maximum absolute atomic E-state index is 12.7. The molecular formula is C23H31N5O2S. The number of Topliss-reactive ketones (excluding diaryl/α,β-unsaturated/α-hetero) is 1. The van der Waals surface area contributed by atoms with E-state index in [9.17, 15) is 9.59 Å². The number of ketones is 1. The third-order valence-electron chi connectivity index (χ3n) is 5.93. The summed E-state index contributed by atoms with van der Waals surface area (Å²) >= 11 is 1.47. The summed E-state index contributed by atoms with van der Waals surface area (Å²) in [5.74, 6) is 2.11. The summed E-state index contributed by atoms with van der Waals surface area (Å²) in [6.45, 7) is 6.33. The van der Waals surface area contributed by atoms with Crippen LogP contribution in [-0.4, -0.2) is 45.3 Å². The lowest BCUT2D eigenvalue weighted by atomic mass is 10.00. The Labute approximate surface area is 188 Å². The van der Waals surface area contributed by atoms with Crippen molar-refractivity contribution in [1.29, 1.82) is 0 Å². The molecule has 1 N–H and O–H groups in total. The number of thioether (sulfide) groups is 1. The van der Waals surface area contributed by atoms with Crippen LogP contribution in [0.4, 0.5) is 11.6 Å². The van der Waals surface area contributed by atoms with Gasteiger partial charge < -0.3 is 10.2 Å². The quantitative estimate of drug-likeness (QED) is 0.454. The Kier molecular flexibility index (Phi) is 6.95. The van der Waals surface area contributed by atoms with Gasteiger partial charge in [0.2, 0.25) is 11.9 Å². The van der Waals surface area contributed by atoms with Crippen LogP contribution in [0, 0.1) is 5.92 Å². The van der Waals surface area contributed by atoms with Crippen LogP contribution >= 0.6 is 11.8 Å². The molecule has 0 unspecified atom stereocenters. The number of anilines is 2. The fourth-order valence-corrected chi connectivity index (χ4v) is 4.74. The van der Waals surface area contributed by atoms with Gasteiger partial charge in [0.25, 0.3) is 0 Å². The fourth-order valence-electron chi connectivity index (χ4n) is 3.85. The molecule has 1 aliphatic carbocycles. The third-order valence-corrected chi connectivity index (χ3v) is 6.87. The molecule has 0 spiro atoms. The highest BCUT2D eigenvalue weighted by atomic mass is 32.2. The number of carbonyl (C=O) groups is 2. The normalized spacial score (nSPS) is 17.0. The summed E-state index contributed by atoms with van der Waals surface area (Å²) in [7, 11) is 0. The largest absolute Gasteiger partial charge is 0.341 e. The van der Waals surface area contributed by atoms with Crippen molar-refractivity contribution in [2.24, 2.45) is 5.92 Å². The van der Waals surface area contributed by atoms with E-state index in [0.717, 1.165) is 55.1 Å². The van der Waals surface area contributed by atoms with Crippen LogP contribution in [0.1, 0.15) is 68.8 Å². The van der Waals surface area contributed by atoms with Crippen molar-refractivity contribution >= 4 is 35.1 Å². The topological polar surface area (TPSA) is 80.1 Å². The minimum atomic E-state index is -0.00416. The fraction of sp³-hybridized carbons (Fsp3) is 0.565. The summed E-state index contributed by atoms with van der Waals surface area (Å²) in [6.07, 6.45) is 5.99. The monoisotopic (exact) mass is 441 g/mol. The first-order valence-electron chi connectivity index (χ1n) is 11.3. The van der Waals surface area contributed by atoms with E-state index in [-0.39, 0.29) is 11.7 Å². The molecule has 8 heteroatoms. The van der Waals surface area contributed by atoms with Crippen molar-refractivity contribution in [3.63, 3.8) is 0 Å². The van der Waals surface area contributed by atoms with Crippen molar-refractivity contribution in [1.82, 2.24) is 14.8 Å². The molecule has 2 fully saturated rings. The lowest BCUT2D eigenvalue weighted by Crippen LogP contribution is -2.34. The number of benzene rings is 1. The Morgan fingerprint density at radius 2 is 1.81 bits per heavy atom. The van der Waals surface area contributed by atoms with E-state index in [0.29, 0.717) is 23.8 Å². The van der Waals surface area contributed by atoms with E-state index in [1.807, 2.05) is 6.92 Å². The Morgan fingerprint density at radius 3 is 2.45 bits per heavy atom. The molecule has 1 saturated heterocycles. The molecule has 166 valence electrons. The van der Waals surface area contributed by atoms with Crippen molar-refractivity contribution in [2.75, 3.05) is 29.1 Å². The highest BCUT2D eigenvalue weighted by Crippen LogP contribution is 2.41. The first kappa shape index (κ1) is 21.9. The molecule has 1 aromatic heterocycles. The van der Waals surface area contributed by atoms with Crippen LogP contribution in [0.3, 0.4) is 0 Å². The van der Waals surface area contributed by atoms with Crippen molar-refractivity contribution in [3.8, 4) is 0 Å². The van der Waals surface area contributed by atoms with Gasteiger partial charge in [-0.2, -0.15) is 0 Å². The van der Waals surface area contributed by atoms with Crippen molar-refractivity contribution in [3.05, 3.63) is 29.8 Å². The van der Waals surface area contributed by atoms with Crippen LogP contribution in [0.5, 0.6) is 0 Å². The Morgan fingerprint density at radius 1 is 1.10 bits per heavy atom. The summed E-state index contributed by atoms with van der Waals surface area (Å²) in [5, 5.41) is 12.6. The van der Waals surface area contributed by atoms with Gasteiger partial charge in [-0.05, 0) is 62.3 Å². The lowest BCUT2D eigenvalue weighted by Gasteiger charge is -2.31. The number of rotatable bonds is 9. The number of nitrogens with zero attached hydrogens (tertiary/aromatic N) is 4. The molecule has 4 rings (SSSR count). The van der Waals surface area contributed by atoms with Crippen LogP contribution in [0.25, 0.3) is 0 Å². The van der Waals surface area contributed by atoms with Crippen molar-refractivity contribution in [2.45, 2.75) is 63.6 Å².